The number of nitrogens with zero attached hydrogens (tertiary/aromatic N) is 3. The minimum Gasteiger partial charge on any atom is -0.327 e. The van der Waals surface area contributed by atoms with Gasteiger partial charge in [-0.15, -0.1) is 0 Å². The van der Waals surface area contributed by atoms with E-state index >= 15 is 0 Å². The summed E-state index contributed by atoms with van der Waals surface area (Å²) in [4.78, 5) is 31.3. The Morgan fingerprint density at radius 3 is 2.45 bits per heavy atom. The summed E-state index contributed by atoms with van der Waals surface area (Å²) in [5, 5.41) is 0.710. The van der Waals surface area contributed by atoms with E-state index in [1.165, 1.54) is 43.7 Å². The third-order valence-electron chi connectivity index (χ3n) is 3.81. The molecule has 2 heterocycles. The first kappa shape index (κ1) is 16.9. The van der Waals surface area contributed by atoms with Crippen LogP contribution in [-0.4, -0.2) is 24.9 Å². The van der Waals surface area contributed by atoms with Gasteiger partial charge in [-0.05, 0) is 6.42 Å². The van der Waals surface area contributed by atoms with Gasteiger partial charge in [0.05, 0.1) is 0 Å². The Morgan fingerprint density at radius 1 is 1.05 bits per heavy atom. The normalized spacial score (nSPS) is 11.4. The lowest BCUT2D eigenvalue weighted by molar-refractivity contribution is 0.627. The first-order valence-corrected chi connectivity index (χ1v) is 8.83. The zero-order chi connectivity index (χ0) is 16.1. The first-order chi connectivity index (χ1) is 10.6. The minimum absolute atomic E-state index is 0.322. The van der Waals surface area contributed by atoms with Gasteiger partial charge in [-0.1, -0.05) is 50.8 Å². The molecular formula is C15H24N4O2S. The highest BCUT2D eigenvalue weighted by Gasteiger charge is 2.13. The number of hydrogen-bond acceptors (Lipinski definition) is 4. The number of aryl methyl sites for hydroxylation is 1. The van der Waals surface area contributed by atoms with Gasteiger partial charge in [-0.2, -0.15) is 0 Å². The molecule has 0 saturated heterocycles. The third kappa shape index (κ3) is 3.63. The lowest BCUT2D eigenvalue weighted by Gasteiger charge is -2.00. The average molecular weight is 324 g/mol. The fourth-order valence-corrected chi connectivity index (χ4v) is 3.29. The van der Waals surface area contributed by atoms with Crippen LogP contribution in [0.2, 0.25) is 0 Å². The minimum atomic E-state index is -0.350. The molecule has 6 nitrogen and oxygen atoms in total. The molecule has 0 amide bonds. The molecule has 0 spiro atoms. The van der Waals surface area contributed by atoms with Gasteiger partial charge in [-0.25, -0.2) is 9.78 Å². The molecule has 0 aliphatic heterocycles. The molecule has 0 radical (unpaired) electrons. The molecule has 0 aromatic carbocycles. The van der Waals surface area contributed by atoms with Crippen molar-refractivity contribution >= 4 is 22.9 Å². The second kappa shape index (κ2) is 7.67. The number of nitrogens with one attached hydrogen (secondary N) is 1. The molecular weight excluding hydrogens is 300 g/mol. The number of unbranched alkanes of at least 4 members (excludes halogenated alkanes) is 5. The second-order valence-corrected chi connectivity index (χ2v) is 6.65. The van der Waals surface area contributed by atoms with Crippen LogP contribution in [0.15, 0.2) is 14.7 Å². The molecule has 0 aliphatic rings. The fourth-order valence-electron chi connectivity index (χ4n) is 2.42. The van der Waals surface area contributed by atoms with E-state index in [1.807, 2.05) is 0 Å². The van der Waals surface area contributed by atoms with E-state index < -0.39 is 0 Å². The first-order valence-electron chi connectivity index (χ1n) is 7.84. The van der Waals surface area contributed by atoms with Crippen molar-refractivity contribution in [3.8, 4) is 0 Å². The number of H-pyrrole nitrogens is 1. The van der Waals surface area contributed by atoms with E-state index in [-0.39, 0.29) is 11.2 Å². The van der Waals surface area contributed by atoms with E-state index in [4.69, 9.17) is 0 Å². The zero-order valence-electron chi connectivity index (χ0n) is 13.5. The molecule has 2 aromatic heterocycles. The van der Waals surface area contributed by atoms with E-state index in [2.05, 4.69) is 16.9 Å². The number of aromatic nitrogens is 4. The van der Waals surface area contributed by atoms with Gasteiger partial charge in [0.25, 0.3) is 5.56 Å². The van der Waals surface area contributed by atoms with Crippen LogP contribution in [0.25, 0.3) is 11.2 Å². The van der Waals surface area contributed by atoms with Gasteiger partial charge in [0.15, 0.2) is 16.3 Å². The van der Waals surface area contributed by atoms with Crippen LogP contribution in [0.3, 0.4) is 0 Å². The lowest BCUT2D eigenvalue weighted by Crippen LogP contribution is -2.36. The van der Waals surface area contributed by atoms with Crippen molar-refractivity contribution in [3.05, 3.63) is 20.8 Å². The van der Waals surface area contributed by atoms with E-state index in [0.717, 1.165) is 16.7 Å². The molecule has 0 saturated carbocycles. The molecule has 2 rings (SSSR count). The van der Waals surface area contributed by atoms with E-state index in [9.17, 15) is 9.59 Å². The number of thioether (sulfide) groups is 1. The van der Waals surface area contributed by atoms with Crippen molar-refractivity contribution in [2.45, 2.75) is 50.6 Å². The van der Waals surface area contributed by atoms with Crippen molar-refractivity contribution in [1.82, 2.24) is 19.1 Å². The highest BCUT2D eigenvalue weighted by Crippen LogP contribution is 2.18. The summed E-state index contributed by atoms with van der Waals surface area (Å²) in [6.07, 6.45) is 7.54. The Bertz CT molecular complexity index is 744. The van der Waals surface area contributed by atoms with Crippen molar-refractivity contribution in [2.24, 2.45) is 14.1 Å². The maximum atomic E-state index is 12.1. The zero-order valence-corrected chi connectivity index (χ0v) is 14.3. The predicted octanol–water partition coefficient (Wildman–Crippen LogP) is 2.41. The lowest BCUT2D eigenvalue weighted by atomic mass is 10.1. The molecule has 22 heavy (non-hydrogen) atoms. The Labute approximate surface area is 133 Å². The summed E-state index contributed by atoms with van der Waals surface area (Å²) in [7, 11) is 3.11. The van der Waals surface area contributed by atoms with Crippen LogP contribution in [0.5, 0.6) is 0 Å². The molecule has 122 valence electrons. The maximum Gasteiger partial charge on any atom is 0.332 e. The second-order valence-electron chi connectivity index (χ2n) is 5.56. The SMILES string of the molecule is CCCCCCCCSc1nc2c([nH]1)c(=O)n(C)c(=O)n2C. The number of rotatable bonds is 8. The monoisotopic (exact) mass is 324 g/mol. The summed E-state index contributed by atoms with van der Waals surface area (Å²) in [5.41, 5.74) is 0.155. The van der Waals surface area contributed by atoms with Crippen molar-refractivity contribution in [1.29, 1.82) is 0 Å². The van der Waals surface area contributed by atoms with Crippen LogP contribution >= 0.6 is 11.8 Å². The number of fused-ring (bicyclic) bond motifs is 1. The molecule has 0 bridgehead atoms. The number of imidazole rings is 1. The number of aromatic amines is 1. The molecule has 0 aliphatic carbocycles. The smallest absolute Gasteiger partial charge is 0.327 e. The molecule has 2 aromatic rings. The van der Waals surface area contributed by atoms with Crippen molar-refractivity contribution < 1.29 is 0 Å². The summed E-state index contributed by atoms with van der Waals surface area (Å²) < 4.78 is 2.50. The molecule has 0 unspecified atom stereocenters. The molecule has 1 N–H and O–H groups in total. The van der Waals surface area contributed by atoms with Crippen LogP contribution < -0.4 is 11.2 Å². The highest BCUT2D eigenvalue weighted by atomic mass is 32.2. The summed E-state index contributed by atoms with van der Waals surface area (Å²) in [6.45, 7) is 2.22. The largest absolute Gasteiger partial charge is 0.332 e. The topological polar surface area (TPSA) is 72.7 Å². The van der Waals surface area contributed by atoms with E-state index in [0.29, 0.717) is 16.3 Å². The van der Waals surface area contributed by atoms with Crippen LogP contribution in [0.4, 0.5) is 0 Å². The molecule has 7 heteroatoms. The summed E-state index contributed by atoms with van der Waals surface area (Å²) in [5.74, 6) is 0.972. The average Bonchev–Trinajstić information content (AvgIpc) is 2.94. The maximum absolute atomic E-state index is 12.1. The molecule has 0 fully saturated rings. The van der Waals surface area contributed by atoms with Gasteiger partial charge >= 0.3 is 5.69 Å². The summed E-state index contributed by atoms with van der Waals surface area (Å²) in [6, 6.07) is 0. The van der Waals surface area contributed by atoms with Gasteiger partial charge in [0, 0.05) is 19.8 Å². The van der Waals surface area contributed by atoms with Gasteiger partial charge in [-0.3, -0.25) is 13.9 Å². The fraction of sp³-hybridized carbons (Fsp3) is 0.667. The Hall–Kier alpha value is -1.50. The third-order valence-corrected chi connectivity index (χ3v) is 4.77. The van der Waals surface area contributed by atoms with Gasteiger partial charge in [0.1, 0.15) is 0 Å². The van der Waals surface area contributed by atoms with Crippen molar-refractivity contribution in [3.63, 3.8) is 0 Å². The standard InChI is InChI=1S/C15H24N4O2S/c1-4-5-6-7-8-9-10-22-14-16-11-12(17-14)18(2)15(21)19(3)13(11)20/h4-10H2,1-3H3,(H,16,17). The highest BCUT2D eigenvalue weighted by molar-refractivity contribution is 7.99. The quantitative estimate of drug-likeness (QED) is 0.598. The van der Waals surface area contributed by atoms with E-state index in [1.54, 1.807) is 18.8 Å². The van der Waals surface area contributed by atoms with Crippen LogP contribution in [0.1, 0.15) is 45.4 Å². The number of hydrogen-bond donors (Lipinski definition) is 1. The van der Waals surface area contributed by atoms with Gasteiger partial charge in [0.2, 0.25) is 0 Å². The Morgan fingerprint density at radius 2 is 1.73 bits per heavy atom. The Kier molecular flexibility index (Phi) is 5.88. The van der Waals surface area contributed by atoms with Gasteiger partial charge < -0.3 is 4.98 Å². The Balaban J connectivity index is 1.99. The van der Waals surface area contributed by atoms with Crippen LogP contribution in [0, 0.1) is 0 Å². The predicted molar refractivity (Wildman–Crippen MR) is 90.7 cm³/mol. The molecule has 0 atom stereocenters. The summed E-state index contributed by atoms with van der Waals surface area (Å²) >= 11 is 1.61. The van der Waals surface area contributed by atoms with Crippen LogP contribution in [-0.2, 0) is 14.1 Å². The van der Waals surface area contributed by atoms with Crippen molar-refractivity contribution in [2.75, 3.05) is 5.75 Å².